The topological polar surface area (TPSA) is 73.2 Å². The summed E-state index contributed by atoms with van der Waals surface area (Å²) >= 11 is 7.86. The summed E-state index contributed by atoms with van der Waals surface area (Å²) in [4.78, 5) is 24.9. The maximum absolute atomic E-state index is 12.0. The van der Waals surface area contributed by atoms with Crippen LogP contribution in [0.4, 0.5) is 5.69 Å². The van der Waals surface area contributed by atoms with Gasteiger partial charge in [0.05, 0.1) is 11.4 Å². The Hall–Kier alpha value is -2.25. The second kappa shape index (κ2) is 10.3. The van der Waals surface area contributed by atoms with Crippen molar-refractivity contribution in [1.29, 1.82) is 0 Å². The van der Waals surface area contributed by atoms with Gasteiger partial charge in [-0.3, -0.25) is 9.48 Å². The third-order valence-corrected chi connectivity index (χ3v) is 4.95. The van der Waals surface area contributed by atoms with Gasteiger partial charge in [-0.1, -0.05) is 37.6 Å². The third kappa shape index (κ3) is 6.14. The number of nitrogens with zero attached hydrogens (tertiary/aromatic N) is 2. The molecule has 0 spiro atoms. The standard InChI is InChI=1S/C20H24ClN3O3S/c1-13(2)11-24-20(21)15(14(3)23-24)9-10-19(26)27-12-18(25)22-16-7-5-6-8-17(16)28-4/h5-10,13H,11-12H2,1-4H3,(H,22,25)/b10-9+. The van der Waals surface area contributed by atoms with Crippen molar-refractivity contribution in [2.45, 2.75) is 32.2 Å². The SMILES string of the molecule is CSc1ccccc1NC(=O)COC(=O)/C=C/c1c(C)nn(CC(C)C)c1Cl. The van der Waals surface area contributed by atoms with Crippen molar-refractivity contribution in [1.82, 2.24) is 9.78 Å². The number of nitrogens with one attached hydrogen (secondary N) is 1. The lowest BCUT2D eigenvalue weighted by atomic mass is 10.2. The molecule has 0 aliphatic carbocycles. The first-order valence-electron chi connectivity index (χ1n) is 8.82. The van der Waals surface area contributed by atoms with Crippen LogP contribution in [0.15, 0.2) is 35.2 Å². The van der Waals surface area contributed by atoms with Gasteiger partial charge in [-0.05, 0) is 37.3 Å². The summed E-state index contributed by atoms with van der Waals surface area (Å²) in [5, 5.41) is 7.59. The third-order valence-electron chi connectivity index (χ3n) is 3.76. The minimum atomic E-state index is -0.625. The number of ether oxygens (including phenoxy) is 1. The van der Waals surface area contributed by atoms with Gasteiger partial charge in [0.2, 0.25) is 0 Å². The molecule has 8 heteroatoms. The maximum atomic E-state index is 12.0. The number of amides is 1. The molecular formula is C20H24ClN3O3S. The number of aryl methyl sites for hydroxylation is 1. The number of anilines is 1. The average molecular weight is 422 g/mol. The lowest BCUT2D eigenvalue weighted by Gasteiger charge is -2.09. The van der Waals surface area contributed by atoms with E-state index in [0.717, 1.165) is 10.6 Å². The van der Waals surface area contributed by atoms with Crippen LogP contribution in [-0.4, -0.2) is 34.5 Å². The fourth-order valence-electron chi connectivity index (χ4n) is 2.49. The molecule has 0 saturated carbocycles. The highest BCUT2D eigenvalue weighted by Crippen LogP contribution is 2.24. The molecule has 1 amide bonds. The molecule has 2 aromatic rings. The number of esters is 1. The van der Waals surface area contributed by atoms with E-state index in [1.54, 1.807) is 16.8 Å². The van der Waals surface area contributed by atoms with Crippen molar-refractivity contribution >= 4 is 47.0 Å². The molecule has 0 fully saturated rings. The first-order chi connectivity index (χ1) is 13.3. The predicted molar refractivity (Wildman–Crippen MR) is 114 cm³/mol. The first-order valence-corrected chi connectivity index (χ1v) is 10.4. The molecule has 6 nitrogen and oxygen atoms in total. The zero-order valence-electron chi connectivity index (χ0n) is 16.4. The number of thioether (sulfide) groups is 1. The van der Waals surface area contributed by atoms with Crippen LogP contribution in [0.2, 0.25) is 5.15 Å². The van der Waals surface area contributed by atoms with Crippen LogP contribution in [0.1, 0.15) is 25.1 Å². The van der Waals surface area contributed by atoms with E-state index in [1.807, 2.05) is 31.4 Å². The number of carbonyl (C=O) groups is 2. The number of aromatic nitrogens is 2. The van der Waals surface area contributed by atoms with Gasteiger partial charge in [0.25, 0.3) is 5.91 Å². The van der Waals surface area contributed by atoms with Gasteiger partial charge in [0.15, 0.2) is 6.61 Å². The summed E-state index contributed by atoms with van der Waals surface area (Å²) in [6.07, 6.45) is 4.73. The fraction of sp³-hybridized carbons (Fsp3) is 0.350. The van der Waals surface area contributed by atoms with Crippen molar-refractivity contribution in [3.63, 3.8) is 0 Å². The van der Waals surface area contributed by atoms with Crippen LogP contribution < -0.4 is 5.32 Å². The molecule has 1 aromatic carbocycles. The molecule has 0 saturated heterocycles. The van der Waals surface area contributed by atoms with Crippen molar-refractivity contribution in [2.75, 3.05) is 18.2 Å². The van der Waals surface area contributed by atoms with Gasteiger partial charge in [0.1, 0.15) is 5.15 Å². The summed E-state index contributed by atoms with van der Waals surface area (Å²) in [5.41, 5.74) is 2.07. The smallest absolute Gasteiger partial charge is 0.331 e. The van der Waals surface area contributed by atoms with E-state index in [4.69, 9.17) is 16.3 Å². The number of hydrogen-bond donors (Lipinski definition) is 1. The van der Waals surface area contributed by atoms with Crippen molar-refractivity contribution in [3.05, 3.63) is 46.8 Å². The highest BCUT2D eigenvalue weighted by molar-refractivity contribution is 7.98. The normalized spacial score (nSPS) is 11.2. The van der Waals surface area contributed by atoms with E-state index in [1.165, 1.54) is 17.8 Å². The van der Waals surface area contributed by atoms with Crippen molar-refractivity contribution < 1.29 is 14.3 Å². The molecule has 0 unspecified atom stereocenters. The molecular weight excluding hydrogens is 398 g/mol. The number of para-hydroxylation sites is 1. The quantitative estimate of drug-likeness (QED) is 0.388. The van der Waals surface area contributed by atoms with Crippen LogP contribution in [0.25, 0.3) is 6.08 Å². The van der Waals surface area contributed by atoms with Crippen molar-refractivity contribution in [3.8, 4) is 0 Å². The Labute approximate surface area is 174 Å². The summed E-state index contributed by atoms with van der Waals surface area (Å²) in [6, 6.07) is 7.42. The molecule has 28 heavy (non-hydrogen) atoms. The number of rotatable bonds is 8. The number of hydrogen-bond acceptors (Lipinski definition) is 5. The van der Waals surface area contributed by atoms with Gasteiger partial charge in [-0.2, -0.15) is 5.10 Å². The zero-order valence-corrected chi connectivity index (χ0v) is 17.9. The molecule has 0 aliphatic heterocycles. The molecule has 150 valence electrons. The van der Waals surface area contributed by atoms with Crippen LogP contribution >= 0.6 is 23.4 Å². The molecule has 1 N–H and O–H groups in total. The number of benzene rings is 1. The number of carbonyl (C=O) groups excluding carboxylic acids is 2. The van der Waals surface area contributed by atoms with Gasteiger partial charge in [-0.25, -0.2) is 4.79 Å². The average Bonchev–Trinajstić information content (AvgIpc) is 2.91. The molecule has 0 aliphatic rings. The highest BCUT2D eigenvalue weighted by Gasteiger charge is 2.13. The molecule has 2 rings (SSSR count). The monoisotopic (exact) mass is 421 g/mol. The Kier molecular flexibility index (Phi) is 8.14. The Balaban J connectivity index is 1.92. The number of halogens is 1. The lowest BCUT2D eigenvalue weighted by Crippen LogP contribution is -2.20. The van der Waals surface area contributed by atoms with E-state index >= 15 is 0 Å². The summed E-state index contributed by atoms with van der Waals surface area (Å²) in [6.45, 7) is 6.29. The van der Waals surface area contributed by atoms with E-state index in [0.29, 0.717) is 28.9 Å². The summed E-state index contributed by atoms with van der Waals surface area (Å²) in [7, 11) is 0. The van der Waals surface area contributed by atoms with Gasteiger partial charge < -0.3 is 10.1 Å². The largest absolute Gasteiger partial charge is 0.452 e. The lowest BCUT2D eigenvalue weighted by molar-refractivity contribution is -0.142. The van der Waals surface area contributed by atoms with Crippen LogP contribution in [0, 0.1) is 12.8 Å². The molecule has 0 radical (unpaired) electrons. The molecule has 1 aromatic heterocycles. The first kappa shape index (κ1) is 22.0. The van der Waals surface area contributed by atoms with Gasteiger partial charge in [0, 0.05) is 23.1 Å². The molecule has 0 atom stereocenters. The van der Waals surface area contributed by atoms with Crippen molar-refractivity contribution in [2.24, 2.45) is 5.92 Å². The maximum Gasteiger partial charge on any atom is 0.331 e. The predicted octanol–water partition coefficient (Wildman–Crippen LogP) is 4.42. The second-order valence-corrected chi connectivity index (χ2v) is 7.76. The highest BCUT2D eigenvalue weighted by atomic mass is 35.5. The fourth-order valence-corrected chi connectivity index (χ4v) is 3.35. The van der Waals surface area contributed by atoms with Crippen LogP contribution in [0.5, 0.6) is 0 Å². The molecule has 1 heterocycles. The Morgan fingerprint density at radius 3 is 2.75 bits per heavy atom. The minimum Gasteiger partial charge on any atom is -0.452 e. The Morgan fingerprint density at radius 2 is 2.07 bits per heavy atom. The summed E-state index contributed by atoms with van der Waals surface area (Å²) < 4.78 is 6.72. The summed E-state index contributed by atoms with van der Waals surface area (Å²) in [5.74, 6) is -0.629. The Bertz CT molecular complexity index is 878. The van der Waals surface area contributed by atoms with Crippen LogP contribution in [0.3, 0.4) is 0 Å². The van der Waals surface area contributed by atoms with Crippen LogP contribution in [-0.2, 0) is 20.9 Å². The minimum absolute atomic E-state index is 0.370. The van der Waals surface area contributed by atoms with E-state index in [2.05, 4.69) is 24.3 Å². The van der Waals surface area contributed by atoms with Gasteiger partial charge >= 0.3 is 5.97 Å². The van der Waals surface area contributed by atoms with E-state index in [-0.39, 0.29) is 6.61 Å². The molecule has 0 bridgehead atoms. The van der Waals surface area contributed by atoms with Gasteiger partial charge in [-0.15, -0.1) is 11.8 Å². The zero-order chi connectivity index (χ0) is 20.7. The van der Waals surface area contributed by atoms with E-state index < -0.39 is 11.9 Å². The second-order valence-electron chi connectivity index (χ2n) is 6.56. The van der Waals surface area contributed by atoms with E-state index in [9.17, 15) is 9.59 Å². The Morgan fingerprint density at radius 1 is 1.36 bits per heavy atom.